The van der Waals surface area contributed by atoms with Gasteiger partial charge in [-0.1, -0.05) is 12.1 Å². The highest BCUT2D eigenvalue weighted by molar-refractivity contribution is 7.10. The van der Waals surface area contributed by atoms with Crippen molar-refractivity contribution in [1.82, 2.24) is 10.2 Å². The molecule has 5 nitrogen and oxygen atoms in total. The molecule has 4 rings (SSSR count). The van der Waals surface area contributed by atoms with Crippen LogP contribution in [0.1, 0.15) is 45.4 Å². The Labute approximate surface area is 168 Å². The number of nitrogens with zero attached hydrogens (tertiary/aromatic N) is 1. The summed E-state index contributed by atoms with van der Waals surface area (Å²) in [6, 6.07) is 9.36. The second-order valence-electron chi connectivity index (χ2n) is 7.42. The molecule has 6 heteroatoms. The molecule has 1 saturated heterocycles. The van der Waals surface area contributed by atoms with Crippen LogP contribution in [-0.4, -0.2) is 30.4 Å². The third-order valence-corrected chi connectivity index (χ3v) is 6.26. The van der Waals surface area contributed by atoms with Crippen molar-refractivity contribution < 1.29 is 9.21 Å². The molecule has 1 aromatic carbocycles. The van der Waals surface area contributed by atoms with Crippen LogP contribution in [0.25, 0.3) is 11.0 Å². The topological polar surface area (TPSA) is 62.6 Å². The zero-order chi connectivity index (χ0) is 19.7. The van der Waals surface area contributed by atoms with Gasteiger partial charge in [0.15, 0.2) is 11.2 Å². The normalized spacial score (nSPS) is 15.8. The zero-order valence-corrected chi connectivity index (χ0v) is 17.0. The third-order valence-electron chi connectivity index (χ3n) is 5.29. The van der Waals surface area contributed by atoms with Crippen molar-refractivity contribution in [3.63, 3.8) is 0 Å². The first-order valence-electron chi connectivity index (χ1n) is 9.63. The van der Waals surface area contributed by atoms with E-state index in [0.29, 0.717) is 17.5 Å². The molecule has 1 aliphatic heterocycles. The highest BCUT2D eigenvalue weighted by Crippen LogP contribution is 2.28. The largest absolute Gasteiger partial charge is 0.450 e. The lowest BCUT2D eigenvalue weighted by atomic mass is 10.1. The average molecular weight is 397 g/mol. The van der Waals surface area contributed by atoms with Crippen LogP contribution in [0.15, 0.2) is 44.9 Å². The summed E-state index contributed by atoms with van der Waals surface area (Å²) in [7, 11) is 0. The molecule has 3 aromatic rings. The summed E-state index contributed by atoms with van der Waals surface area (Å²) in [5.74, 6) is -0.282. The fourth-order valence-electron chi connectivity index (χ4n) is 3.94. The number of likely N-dealkylation sites (tertiary alicyclic amines) is 1. The molecule has 1 amide bonds. The predicted molar refractivity (Wildman–Crippen MR) is 112 cm³/mol. The van der Waals surface area contributed by atoms with Crippen molar-refractivity contribution in [1.29, 1.82) is 0 Å². The molecule has 1 N–H and O–H groups in total. The Morgan fingerprint density at radius 3 is 2.75 bits per heavy atom. The van der Waals surface area contributed by atoms with E-state index in [0.717, 1.165) is 24.2 Å². The number of aryl methyl sites for hydroxylation is 2. The second kappa shape index (κ2) is 7.89. The van der Waals surface area contributed by atoms with Crippen LogP contribution in [-0.2, 0) is 0 Å². The van der Waals surface area contributed by atoms with E-state index < -0.39 is 0 Å². The van der Waals surface area contributed by atoms with Gasteiger partial charge in [0.2, 0.25) is 0 Å². The molecular weight excluding hydrogens is 372 g/mol. The van der Waals surface area contributed by atoms with Gasteiger partial charge in [-0.05, 0) is 68.4 Å². The van der Waals surface area contributed by atoms with Gasteiger partial charge in [-0.25, -0.2) is 0 Å². The predicted octanol–water partition coefficient (Wildman–Crippen LogP) is 4.04. The van der Waals surface area contributed by atoms with Gasteiger partial charge >= 0.3 is 0 Å². The van der Waals surface area contributed by atoms with Crippen molar-refractivity contribution in [2.75, 3.05) is 19.6 Å². The maximum atomic E-state index is 12.7. The quantitative estimate of drug-likeness (QED) is 0.707. The van der Waals surface area contributed by atoms with Crippen molar-refractivity contribution in [2.24, 2.45) is 0 Å². The molecule has 1 fully saturated rings. The molecule has 28 heavy (non-hydrogen) atoms. The molecule has 0 bridgehead atoms. The van der Waals surface area contributed by atoms with Crippen LogP contribution >= 0.6 is 11.3 Å². The lowest BCUT2D eigenvalue weighted by Crippen LogP contribution is -2.36. The fourth-order valence-corrected chi connectivity index (χ4v) is 4.80. The van der Waals surface area contributed by atoms with Crippen LogP contribution in [0.3, 0.4) is 0 Å². The summed E-state index contributed by atoms with van der Waals surface area (Å²) in [5.41, 5.74) is 2.15. The number of hydrogen-bond acceptors (Lipinski definition) is 5. The molecular formula is C22H24N2O3S. The van der Waals surface area contributed by atoms with E-state index in [9.17, 15) is 9.59 Å². The summed E-state index contributed by atoms with van der Waals surface area (Å²) >= 11 is 1.71. The van der Waals surface area contributed by atoms with Gasteiger partial charge in [-0.2, -0.15) is 0 Å². The molecule has 1 atom stereocenters. The first kappa shape index (κ1) is 18.9. The Kier molecular flexibility index (Phi) is 5.33. The van der Waals surface area contributed by atoms with E-state index >= 15 is 0 Å². The van der Waals surface area contributed by atoms with E-state index in [-0.39, 0.29) is 23.1 Å². The van der Waals surface area contributed by atoms with Gasteiger partial charge in [-0.3, -0.25) is 14.5 Å². The van der Waals surface area contributed by atoms with E-state index in [1.807, 2.05) is 26.0 Å². The van der Waals surface area contributed by atoms with Crippen LogP contribution in [0, 0.1) is 13.8 Å². The standard InChI is InChI=1S/C22H24N2O3S/c1-14-10-15(2)21-16(11-14)18(25)12-19(27-21)22(26)23-13-17(20-6-5-9-28-20)24-7-3-4-8-24/h5-6,9-12,17H,3-4,7-8,13H2,1-2H3,(H,23,26). The minimum atomic E-state index is -0.347. The molecule has 1 unspecified atom stereocenters. The SMILES string of the molecule is Cc1cc(C)c2oc(C(=O)NCC(c3cccs3)N3CCCC3)cc(=O)c2c1. The third kappa shape index (κ3) is 3.75. The average Bonchev–Trinajstić information content (AvgIpc) is 3.37. The van der Waals surface area contributed by atoms with Crippen molar-refractivity contribution in [3.8, 4) is 0 Å². The van der Waals surface area contributed by atoms with Gasteiger partial charge in [0.25, 0.3) is 5.91 Å². The summed E-state index contributed by atoms with van der Waals surface area (Å²) in [4.78, 5) is 28.9. The zero-order valence-electron chi connectivity index (χ0n) is 16.2. The van der Waals surface area contributed by atoms with Gasteiger partial charge in [-0.15, -0.1) is 11.3 Å². The maximum Gasteiger partial charge on any atom is 0.287 e. The lowest BCUT2D eigenvalue weighted by molar-refractivity contribution is 0.0911. The maximum absolute atomic E-state index is 12.7. The van der Waals surface area contributed by atoms with Crippen LogP contribution in [0.4, 0.5) is 0 Å². The van der Waals surface area contributed by atoms with Crippen molar-refractivity contribution >= 4 is 28.2 Å². The molecule has 2 aromatic heterocycles. The Morgan fingerprint density at radius 1 is 1.25 bits per heavy atom. The lowest BCUT2D eigenvalue weighted by Gasteiger charge is -2.26. The van der Waals surface area contributed by atoms with Gasteiger partial charge < -0.3 is 9.73 Å². The molecule has 1 aliphatic rings. The number of carbonyl (C=O) groups is 1. The molecule has 0 radical (unpaired) electrons. The first-order chi connectivity index (χ1) is 13.5. The van der Waals surface area contributed by atoms with Gasteiger partial charge in [0, 0.05) is 17.5 Å². The van der Waals surface area contributed by atoms with Crippen molar-refractivity contribution in [2.45, 2.75) is 32.7 Å². The number of hydrogen-bond donors (Lipinski definition) is 1. The van der Waals surface area contributed by atoms with Crippen LogP contribution in [0.5, 0.6) is 0 Å². The first-order valence-corrected chi connectivity index (χ1v) is 10.5. The molecule has 0 spiro atoms. The Morgan fingerprint density at radius 2 is 2.04 bits per heavy atom. The molecule has 146 valence electrons. The molecule has 3 heterocycles. The minimum absolute atomic E-state index is 0.0656. The highest BCUT2D eigenvalue weighted by atomic mass is 32.1. The van der Waals surface area contributed by atoms with Crippen molar-refractivity contribution in [3.05, 3.63) is 67.7 Å². The second-order valence-corrected chi connectivity index (χ2v) is 8.40. The van der Waals surface area contributed by atoms with E-state index in [1.165, 1.54) is 23.8 Å². The number of fused-ring (bicyclic) bond motifs is 1. The Bertz CT molecular complexity index is 1050. The number of thiophene rings is 1. The molecule has 0 saturated carbocycles. The fraction of sp³-hybridized carbons (Fsp3) is 0.364. The highest BCUT2D eigenvalue weighted by Gasteiger charge is 2.25. The molecule has 0 aliphatic carbocycles. The van der Waals surface area contributed by atoms with Crippen LogP contribution in [0.2, 0.25) is 0 Å². The number of carbonyl (C=O) groups excluding carboxylic acids is 1. The van der Waals surface area contributed by atoms with Crippen LogP contribution < -0.4 is 10.7 Å². The summed E-state index contributed by atoms with van der Waals surface area (Å²) in [6.45, 7) is 6.41. The Hall–Kier alpha value is -2.44. The van der Waals surface area contributed by atoms with E-state index in [4.69, 9.17) is 4.42 Å². The summed E-state index contributed by atoms with van der Waals surface area (Å²) < 4.78 is 5.82. The minimum Gasteiger partial charge on any atom is -0.450 e. The van der Waals surface area contributed by atoms with Gasteiger partial charge in [0.1, 0.15) is 5.58 Å². The number of benzene rings is 1. The monoisotopic (exact) mass is 396 g/mol. The summed E-state index contributed by atoms with van der Waals surface area (Å²) in [6.07, 6.45) is 2.38. The van der Waals surface area contributed by atoms with Gasteiger partial charge in [0.05, 0.1) is 11.4 Å². The smallest absolute Gasteiger partial charge is 0.287 e. The van der Waals surface area contributed by atoms with E-state index in [2.05, 4.69) is 21.7 Å². The van der Waals surface area contributed by atoms with E-state index in [1.54, 1.807) is 17.4 Å². The summed E-state index contributed by atoms with van der Waals surface area (Å²) in [5, 5.41) is 5.56. The Balaban J connectivity index is 1.57. The number of rotatable bonds is 5. The number of amides is 1. The number of nitrogens with one attached hydrogen (secondary N) is 1.